The third-order valence-corrected chi connectivity index (χ3v) is 12.1. The molecule has 1 heteroatoms. The number of anilines is 3. The second kappa shape index (κ2) is 11.7. The lowest BCUT2D eigenvalue weighted by atomic mass is 9.67. The maximum Gasteiger partial charge on any atom is 0.0465 e. The molecule has 0 saturated heterocycles. The molecule has 0 radical (unpaired) electrons. The maximum absolute atomic E-state index is 2.42. The SMILES string of the molecule is CC1(C)c2ccccc2-c2ccc(N(c3ccc(-c4ccccc4)cc3)c3ccc(-c4ccc5cccc6c5c4-c4ccccc4C6(C)C)cc3)cc21. The van der Waals surface area contributed by atoms with Gasteiger partial charge in [0.2, 0.25) is 0 Å². The van der Waals surface area contributed by atoms with Crippen molar-refractivity contribution in [1.29, 1.82) is 0 Å². The Kier molecular flexibility index (Phi) is 6.94. The van der Waals surface area contributed by atoms with E-state index in [0.717, 1.165) is 17.1 Å². The maximum atomic E-state index is 2.42. The topological polar surface area (TPSA) is 3.24 Å². The molecule has 0 heterocycles. The van der Waals surface area contributed by atoms with Gasteiger partial charge in [-0.2, -0.15) is 0 Å². The van der Waals surface area contributed by atoms with Gasteiger partial charge < -0.3 is 4.90 Å². The standard InChI is InChI=1S/C52H41N/c1-51(2)46-19-11-9-17-44(46)50-41(31-25-37-15-12-20-47(51)49(37)50)36-23-28-39(29-24-36)53(38-26-21-35(22-27-38)34-13-6-5-7-14-34)40-30-32-43-42-16-8-10-18-45(42)52(3,4)48(43)33-40/h5-33H,1-4H3. The zero-order chi connectivity index (χ0) is 35.9. The second-order valence-corrected chi connectivity index (χ2v) is 15.8. The molecule has 10 rings (SSSR count). The van der Waals surface area contributed by atoms with Crippen LogP contribution < -0.4 is 4.90 Å². The van der Waals surface area contributed by atoms with Crippen molar-refractivity contribution < 1.29 is 0 Å². The van der Waals surface area contributed by atoms with Crippen molar-refractivity contribution in [3.05, 3.63) is 198 Å². The van der Waals surface area contributed by atoms with Gasteiger partial charge in [0.25, 0.3) is 0 Å². The Balaban J connectivity index is 1.12. The summed E-state index contributed by atoms with van der Waals surface area (Å²) in [6.45, 7) is 9.45. The fraction of sp³-hybridized carbons (Fsp3) is 0.115. The molecule has 0 spiro atoms. The Bertz CT molecular complexity index is 2700. The first-order chi connectivity index (χ1) is 25.8. The second-order valence-electron chi connectivity index (χ2n) is 15.8. The van der Waals surface area contributed by atoms with E-state index in [-0.39, 0.29) is 10.8 Å². The largest absolute Gasteiger partial charge is 0.310 e. The smallest absolute Gasteiger partial charge is 0.0465 e. The molecule has 0 fully saturated rings. The van der Waals surface area contributed by atoms with Gasteiger partial charge >= 0.3 is 0 Å². The average molecular weight is 680 g/mol. The van der Waals surface area contributed by atoms with Crippen molar-refractivity contribution in [2.24, 2.45) is 0 Å². The molecular formula is C52H41N. The minimum atomic E-state index is -0.0875. The number of hydrogen-bond donors (Lipinski definition) is 0. The molecule has 0 aromatic heterocycles. The zero-order valence-corrected chi connectivity index (χ0v) is 30.7. The van der Waals surface area contributed by atoms with Crippen LogP contribution in [0.1, 0.15) is 49.9 Å². The fourth-order valence-corrected chi connectivity index (χ4v) is 9.31. The van der Waals surface area contributed by atoms with E-state index in [1.54, 1.807) is 0 Å². The predicted octanol–water partition coefficient (Wildman–Crippen LogP) is 14.3. The Hall–Kier alpha value is -6.18. The quantitative estimate of drug-likeness (QED) is 0.175. The molecule has 0 saturated carbocycles. The van der Waals surface area contributed by atoms with Crippen LogP contribution in [0.2, 0.25) is 0 Å². The lowest BCUT2D eigenvalue weighted by Crippen LogP contribution is -2.23. The highest BCUT2D eigenvalue weighted by Crippen LogP contribution is 2.53. The molecule has 0 N–H and O–H groups in total. The first-order valence-electron chi connectivity index (χ1n) is 18.8. The third kappa shape index (κ3) is 4.77. The fourth-order valence-electron chi connectivity index (χ4n) is 9.31. The van der Waals surface area contributed by atoms with Gasteiger partial charge in [-0.1, -0.05) is 167 Å². The van der Waals surface area contributed by atoms with Crippen LogP contribution in [-0.2, 0) is 10.8 Å². The molecule has 2 aliphatic carbocycles. The summed E-state index contributed by atoms with van der Waals surface area (Å²) >= 11 is 0. The van der Waals surface area contributed by atoms with E-state index in [1.165, 1.54) is 77.5 Å². The van der Waals surface area contributed by atoms with Gasteiger partial charge in [0, 0.05) is 27.9 Å². The lowest BCUT2D eigenvalue weighted by Gasteiger charge is -2.36. The molecule has 1 nitrogen and oxygen atoms in total. The summed E-state index contributed by atoms with van der Waals surface area (Å²) in [7, 11) is 0. The van der Waals surface area contributed by atoms with E-state index < -0.39 is 0 Å². The van der Waals surface area contributed by atoms with Gasteiger partial charge in [-0.05, 0) is 114 Å². The molecule has 0 aliphatic heterocycles. The summed E-state index contributed by atoms with van der Waals surface area (Å²) in [5.74, 6) is 0. The van der Waals surface area contributed by atoms with Crippen LogP contribution in [0.25, 0.3) is 55.3 Å². The third-order valence-electron chi connectivity index (χ3n) is 12.1. The van der Waals surface area contributed by atoms with Crippen molar-refractivity contribution in [2.75, 3.05) is 4.90 Å². The van der Waals surface area contributed by atoms with Crippen molar-refractivity contribution in [2.45, 2.75) is 38.5 Å². The van der Waals surface area contributed by atoms with E-state index in [0.29, 0.717) is 0 Å². The number of rotatable bonds is 5. The highest BCUT2D eigenvalue weighted by atomic mass is 15.1. The van der Waals surface area contributed by atoms with Crippen LogP contribution in [0.15, 0.2) is 176 Å². The summed E-state index contributed by atoms with van der Waals surface area (Å²) in [6, 6.07) is 65.2. The predicted molar refractivity (Wildman–Crippen MR) is 225 cm³/mol. The van der Waals surface area contributed by atoms with Crippen LogP contribution in [0.3, 0.4) is 0 Å². The number of hydrogen-bond acceptors (Lipinski definition) is 1. The molecule has 0 unspecified atom stereocenters. The van der Waals surface area contributed by atoms with E-state index in [4.69, 9.17) is 0 Å². The average Bonchev–Trinajstić information content (AvgIpc) is 3.43. The Labute approximate surface area is 312 Å². The zero-order valence-electron chi connectivity index (χ0n) is 30.7. The molecular weight excluding hydrogens is 639 g/mol. The normalized spacial score (nSPS) is 14.3. The highest BCUT2D eigenvalue weighted by molar-refractivity contribution is 6.09. The molecule has 0 atom stereocenters. The molecule has 8 aromatic rings. The first-order valence-corrected chi connectivity index (χ1v) is 18.8. The summed E-state index contributed by atoms with van der Waals surface area (Å²) < 4.78 is 0. The van der Waals surface area contributed by atoms with Crippen molar-refractivity contribution in [1.82, 2.24) is 0 Å². The first kappa shape index (κ1) is 31.5. The van der Waals surface area contributed by atoms with Gasteiger partial charge in [0.05, 0.1) is 0 Å². The van der Waals surface area contributed by atoms with Crippen LogP contribution in [0.4, 0.5) is 17.1 Å². The van der Waals surface area contributed by atoms with Gasteiger partial charge in [0.1, 0.15) is 0 Å². The van der Waals surface area contributed by atoms with Crippen molar-refractivity contribution in [3.8, 4) is 44.5 Å². The minimum Gasteiger partial charge on any atom is -0.310 e. The van der Waals surface area contributed by atoms with Gasteiger partial charge in [-0.3, -0.25) is 0 Å². The van der Waals surface area contributed by atoms with Crippen LogP contribution in [0, 0.1) is 0 Å². The van der Waals surface area contributed by atoms with Crippen molar-refractivity contribution in [3.63, 3.8) is 0 Å². The summed E-state index contributed by atoms with van der Waals surface area (Å²) in [4.78, 5) is 2.41. The molecule has 0 amide bonds. The van der Waals surface area contributed by atoms with E-state index >= 15 is 0 Å². The highest BCUT2D eigenvalue weighted by Gasteiger charge is 2.36. The van der Waals surface area contributed by atoms with E-state index in [1.807, 2.05) is 0 Å². The van der Waals surface area contributed by atoms with Gasteiger partial charge in [0.15, 0.2) is 0 Å². The monoisotopic (exact) mass is 679 g/mol. The summed E-state index contributed by atoms with van der Waals surface area (Å²) in [6.07, 6.45) is 0. The Morgan fingerprint density at radius 2 is 0.849 bits per heavy atom. The van der Waals surface area contributed by atoms with Gasteiger partial charge in [-0.15, -0.1) is 0 Å². The van der Waals surface area contributed by atoms with Gasteiger partial charge in [-0.25, -0.2) is 0 Å². The summed E-state index contributed by atoms with van der Waals surface area (Å²) in [5, 5.41) is 2.67. The number of nitrogens with zero attached hydrogens (tertiary/aromatic N) is 1. The molecule has 254 valence electrons. The molecule has 53 heavy (non-hydrogen) atoms. The van der Waals surface area contributed by atoms with E-state index in [9.17, 15) is 0 Å². The number of fused-ring (bicyclic) bond motifs is 5. The molecule has 8 aromatic carbocycles. The summed E-state index contributed by atoms with van der Waals surface area (Å²) in [5.41, 5.74) is 19.1. The van der Waals surface area contributed by atoms with Crippen molar-refractivity contribution >= 4 is 27.8 Å². The Morgan fingerprint density at radius 3 is 1.57 bits per heavy atom. The van der Waals surface area contributed by atoms with Crippen LogP contribution in [0.5, 0.6) is 0 Å². The number of benzene rings is 8. The Morgan fingerprint density at radius 1 is 0.340 bits per heavy atom. The van der Waals surface area contributed by atoms with E-state index in [2.05, 4.69) is 209 Å². The van der Waals surface area contributed by atoms with Crippen LogP contribution >= 0.6 is 0 Å². The molecule has 0 bridgehead atoms. The lowest BCUT2D eigenvalue weighted by molar-refractivity contribution is 0.645. The minimum absolute atomic E-state index is 0.0755. The molecule has 2 aliphatic rings. The van der Waals surface area contributed by atoms with Crippen LogP contribution in [-0.4, -0.2) is 0 Å².